The van der Waals surface area contributed by atoms with E-state index in [4.69, 9.17) is 11.6 Å². The van der Waals surface area contributed by atoms with E-state index in [9.17, 15) is 22.8 Å². The minimum Gasteiger partial charge on any atom is -0.353 e. The monoisotopic (exact) mass is 513 g/mol. The molecule has 0 spiro atoms. The van der Waals surface area contributed by atoms with Crippen molar-refractivity contribution in [1.82, 2.24) is 20.2 Å². The summed E-state index contributed by atoms with van der Waals surface area (Å²) in [5, 5.41) is 3.18. The Kier molecular flexibility index (Phi) is 7.51. The van der Waals surface area contributed by atoms with Crippen molar-refractivity contribution in [3.05, 3.63) is 46.6 Å². The van der Waals surface area contributed by atoms with Crippen molar-refractivity contribution in [2.75, 3.05) is 36.8 Å². The van der Waals surface area contributed by atoms with Crippen molar-refractivity contribution >= 4 is 41.0 Å². The molecule has 1 aliphatic carbocycles. The number of nitrogens with zero attached hydrogens (tertiary/aromatic N) is 4. The Morgan fingerprint density at radius 2 is 1.85 bits per heavy atom. The average molecular weight is 514 g/mol. The largest absolute Gasteiger partial charge is 0.416 e. The van der Waals surface area contributed by atoms with Crippen LogP contribution in [0, 0.1) is 5.92 Å². The maximum absolute atomic E-state index is 12.8. The Balaban J connectivity index is 1.28. The highest BCUT2D eigenvalue weighted by molar-refractivity contribution is 7.99. The van der Waals surface area contributed by atoms with Gasteiger partial charge in [0.1, 0.15) is 11.0 Å². The summed E-state index contributed by atoms with van der Waals surface area (Å²) in [4.78, 5) is 37.0. The van der Waals surface area contributed by atoms with Crippen LogP contribution in [0.25, 0.3) is 0 Å². The number of piperazine rings is 1. The normalized spacial score (nSPS) is 16.5. The zero-order valence-corrected chi connectivity index (χ0v) is 19.7. The molecule has 2 fully saturated rings. The second kappa shape index (κ2) is 10.4. The molecule has 0 bridgehead atoms. The molecule has 7 nitrogen and oxygen atoms in total. The third-order valence-corrected chi connectivity index (χ3v) is 6.62. The summed E-state index contributed by atoms with van der Waals surface area (Å²) in [7, 11) is 0. The first-order valence-electron chi connectivity index (χ1n) is 10.8. The summed E-state index contributed by atoms with van der Waals surface area (Å²) >= 11 is 7.25. The predicted octanol–water partition coefficient (Wildman–Crippen LogP) is 3.62. The number of benzene rings is 1. The lowest BCUT2D eigenvalue weighted by Crippen LogP contribution is -2.49. The summed E-state index contributed by atoms with van der Waals surface area (Å²) in [6, 6.07) is 6.48. The van der Waals surface area contributed by atoms with Crippen LogP contribution in [0.4, 0.5) is 19.0 Å². The van der Waals surface area contributed by atoms with Gasteiger partial charge in [-0.3, -0.25) is 9.59 Å². The molecule has 12 heteroatoms. The van der Waals surface area contributed by atoms with Crippen molar-refractivity contribution in [3.8, 4) is 0 Å². The zero-order chi connectivity index (χ0) is 24.3. The third-order valence-electron chi connectivity index (χ3n) is 5.58. The van der Waals surface area contributed by atoms with Crippen molar-refractivity contribution < 1.29 is 22.8 Å². The average Bonchev–Trinajstić information content (AvgIpc) is 3.66. The number of halogens is 4. The number of hydrogen-bond donors (Lipinski definition) is 1. The van der Waals surface area contributed by atoms with Gasteiger partial charge in [-0.25, -0.2) is 9.97 Å². The lowest BCUT2D eigenvalue weighted by molar-refractivity contribution is -0.137. The Morgan fingerprint density at radius 3 is 2.53 bits per heavy atom. The first-order valence-corrected chi connectivity index (χ1v) is 12.2. The molecule has 1 aliphatic heterocycles. The molecule has 0 unspecified atom stereocenters. The van der Waals surface area contributed by atoms with Crippen LogP contribution >= 0.6 is 23.4 Å². The number of carbonyl (C=O) groups is 2. The summed E-state index contributed by atoms with van der Waals surface area (Å²) in [6.07, 6.45) is -2.47. The number of thioether (sulfide) groups is 1. The van der Waals surface area contributed by atoms with Gasteiger partial charge < -0.3 is 15.1 Å². The summed E-state index contributed by atoms with van der Waals surface area (Å²) in [5.74, 6) is 0.684. The SMILES string of the molecule is O=C(CSc1nc(Cl)cc(N2CCN(C(=O)C3CC3)CC2)n1)NCc1cccc(C(F)(F)F)c1. The van der Waals surface area contributed by atoms with Gasteiger partial charge in [0.05, 0.1) is 11.3 Å². The highest BCUT2D eigenvalue weighted by atomic mass is 35.5. The van der Waals surface area contributed by atoms with E-state index in [0.717, 1.165) is 36.7 Å². The molecule has 34 heavy (non-hydrogen) atoms. The van der Waals surface area contributed by atoms with Gasteiger partial charge >= 0.3 is 6.18 Å². The minimum atomic E-state index is -4.43. The van der Waals surface area contributed by atoms with E-state index in [0.29, 0.717) is 42.7 Å². The maximum atomic E-state index is 12.8. The molecule has 1 aromatic carbocycles. The Bertz CT molecular complexity index is 1060. The summed E-state index contributed by atoms with van der Waals surface area (Å²) in [5.41, 5.74) is -0.403. The fourth-order valence-corrected chi connectivity index (χ4v) is 4.51. The number of carbonyl (C=O) groups excluding carboxylic acids is 2. The molecule has 182 valence electrons. The molecule has 0 radical (unpaired) electrons. The second-order valence-corrected chi connectivity index (χ2v) is 9.51. The highest BCUT2D eigenvalue weighted by Gasteiger charge is 2.35. The Hall–Kier alpha value is -2.53. The minimum absolute atomic E-state index is 0.0115. The van der Waals surface area contributed by atoms with Gasteiger partial charge in [-0.2, -0.15) is 13.2 Å². The molecule has 2 aromatic rings. The van der Waals surface area contributed by atoms with Gasteiger partial charge in [0, 0.05) is 44.7 Å². The van der Waals surface area contributed by atoms with Crippen LogP contribution in [0.2, 0.25) is 5.15 Å². The van der Waals surface area contributed by atoms with E-state index in [1.807, 2.05) is 9.80 Å². The van der Waals surface area contributed by atoms with Crippen molar-refractivity contribution in [2.45, 2.75) is 30.7 Å². The molecular formula is C22H23ClF3N5O2S. The van der Waals surface area contributed by atoms with E-state index in [1.54, 1.807) is 6.07 Å². The van der Waals surface area contributed by atoms with Crippen LogP contribution in [0.5, 0.6) is 0 Å². The fourth-order valence-electron chi connectivity index (χ4n) is 3.60. The zero-order valence-electron chi connectivity index (χ0n) is 18.1. The summed E-state index contributed by atoms with van der Waals surface area (Å²) in [6.45, 7) is 2.49. The van der Waals surface area contributed by atoms with Gasteiger partial charge in [0.15, 0.2) is 5.16 Å². The van der Waals surface area contributed by atoms with Gasteiger partial charge in [-0.1, -0.05) is 35.5 Å². The molecule has 0 atom stereocenters. The maximum Gasteiger partial charge on any atom is 0.416 e. The first kappa shape index (κ1) is 24.6. The van der Waals surface area contributed by atoms with Crippen LogP contribution in [0.15, 0.2) is 35.5 Å². The Morgan fingerprint density at radius 1 is 1.12 bits per heavy atom. The second-order valence-electron chi connectivity index (χ2n) is 8.18. The number of alkyl halides is 3. The molecule has 1 N–H and O–H groups in total. The van der Waals surface area contributed by atoms with Crippen LogP contribution < -0.4 is 10.2 Å². The third kappa shape index (κ3) is 6.53. The predicted molar refractivity (Wildman–Crippen MR) is 123 cm³/mol. The quantitative estimate of drug-likeness (QED) is 0.346. The number of hydrogen-bond acceptors (Lipinski definition) is 6. The highest BCUT2D eigenvalue weighted by Crippen LogP contribution is 2.32. The molecule has 2 heterocycles. The number of anilines is 1. The van der Waals surface area contributed by atoms with Crippen LogP contribution in [-0.4, -0.2) is 58.6 Å². The molecule has 1 saturated heterocycles. The molecule has 4 rings (SSSR count). The number of amides is 2. The van der Waals surface area contributed by atoms with Crippen molar-refractivity contribution in [1.29, 1.82) is 0 Å². The molecular weight excluding hydrogens is 491 g/mol. The van der Waals surface area contributed by atoms with Gasteiger partial charge in [0.25, 0.3) is 0 Å². The van der Waals surface area contributed by atoms with E-state index in [-0.39, 0.29) is 35.2 Å². The first-order chi connectivity index (χ1) is 16.2. The van der Waals surface area contributed by atoms with Crippen LogP contribution in [0.3, 0.4) is 0 Å². The number of rotatable bonds is 7. The number of aromatic nitrogens is 2. The topological polar surface area (TPSA) is 78.4 Å². The number of nitrogens with one attached hydrogen (secondary N) is 1. The van der Waals surface area contributed by atoms with Crippen LogP contribution in [0.1, 0.15) is 24.0 Å². The van der Waals surface area contributed by atoms with Crippen molar-refractivity contribution in [2.24, 2.45) is 5.92 Å². The van der Waals surface area contributed by atoms with E-state index in [2.05, 4.69) is 15.3 Å². The van der Waals surface area contributed by atoms with Gasteiger partial charge in [0.2, 0.25) is 11.8 Å². The molecule has 1 aromatic heterocycles. The lowest BCUT2D eigenvalue weighted by Gasteiger charge is -2.35. The molecule has 2 amide bonds. The molecule has 1 saturated carbocycles. The lowest BCUT2D eigenvalue weighted by atomic mass is 10.1. The smallest absolute Gasteiger partial charge is 0.353 e. The van der Waals surface area contributed by atoms with Gasteiger partial charge in [-0.15, -0.1) is 0 Å². The molecule has 2 aliphatic rings. The fraction of sp³-hybridized carbons (Fsp3) is 0.455. The van der Waals surface area contributed by atoms with Crippen molar-refractivity contribution in [3.63, 3.8) is 0 Å². The van der Waals surface area contributed by atoms with Crippen LogP contribution in [-0.2, 0) is 22.3 Å². The Labute approximate surface area is 204 Å². The van der Waals surface area contributed by atoms with Gasteiger partial charge in [-0.05, 0) is 30.5 Å². The van der Waals surface area contributed by atoms with E-state index >= 15 is 0 Å². The van der Waals surface area contributed by atoms with E-state index < -0.39 is 11.7 Å². The van der Waals surface area contributed by atoms with E-state index in [1.165, 1.54) is 12.1 Å². The summed E-state index contributed by atoms with van der Waals surface area (Å²) < 4.78 is 38.5. The standard InChI is InChI=1S/C22H23ClF3N5O2S/c23-17-11-18(30-6-8-31(9-7-30)20(33)15-4-5-15)29-21(28-17)34-13-19(32)27-12-14-2-1-3-16(10-14)22(24,25)26/h1-3,10-11,15H,4-9,12-13H2,(H,27,32).